The van der Waals surface area contributed by atoms with Crippen molar-refractivity contribution in [1.29, 1.82) is 0 Å². The van der Waals surface area contributed by atoms with Crippen molar-refractivity contribution in [1.82, 2.24) is 4.98 Å². The van der Waals surface area contributed by atoms with Gasteiger partial charge in [0.1, 0.15) is 0 Å². The molecule has 0 unspecified atom stereocenters. The molecule has 0 saturated heterocycles. The van der Waals surface area contributed by atoms with Crippen LogP contribution in [0.2, 0.25) is 5.02 Å². The minimum atomic E-state index is -0.328. The van der Waals surface area contributed by atoms with Crippen molar-refractivity contribution in [3.63, 3.8) is 0 Å². The van der Waals surface area contributed by atoms with Gasteiger partial charge in [0.25, 0.3) is 0 Å². The third-order valence-corrected chi connectivity index (χ3v) is 4.43. The molecule has 118 valence electrons. The average Bonchev–Trinajstić information content (AvgIpc) is 2.96. The largest absolute Gasteiger partial charge is 0.461 e. The molecule has 2 aromatic rings. The number of hydrogen-bond acceptors (Lipinski definition) is 4. The molecule has 1 aromatic carbocycles. The van der Waals surface area contributed by atoms with Crippen LogP contribution in [0.4, 0.5) is 0 Å². The lowest BCUT2D eigenvalue weighted by atomic mass is 10.1. The molecule has 0 aliphatic carbocycles. The third-order valence-electron chi connectivity index (χ3n) is 3.28. The minimum absolute atomic E-state index is 0.328. The highest BCUT2D eigenvalue weighted by Crippen LogP contribution is 2.16. The monoisotopic (exact) mass is 337 g/mol. The van der Waals surface area contributed by atoms with E-state index >= 15 is 0 Å². The summed E-state index contributed by atoms with van der Waals surface area (Å²) in [5.74, 6) is -0.328. The normalized spacial score (nSPS) is 10.6. The summed E-state index contributed by atoms with van der Waals surface area (Å²) in [7, 11) is 0. The molecule has 2 rings (SSSR count). The van der Waals surface area contributed by atoms with Crippen LogP contribution in [0.25, 0.3) is 0 Å². The Morgan fingerprint density at radius 2 is 2.09 bits per heavy atom. The van der Waals surface area contributed by atoms with E-state index in [1.54, 1.807) is 12.3 Å². The van der Waals surface area contributed by atoms with Crippen LogP contribution in [0.1, 0.15) is 47.2 Å². The number of nitrogens with zero attached hydrogens (tertiary/aromatic N) is 1. The van der Waals surface area contributed by atoms with Crippen molar-refractivity contribution in [3.8, 4) is 0 Å². The van der Waals surface area contributed by atoms with E-state index in [1.807, 2.05) is 18.2 Å². The zero-order valence-electron chi connectivity index (χ0n) is 12.7. The Kier molecular flexibility index (Phi) is 6.87. The summed E-state index contributed by atoms with van der Waals surface area (Å²) < 4.78 is 4.94. The molecule has 0 aliphatic rings. The third kappa shape index (κ3) is 5.43. The average molecular weight is 338 g/mol. The Bertz CT molecular complexity index is 612. The van der Waals surface area contributed by atoms with Gasteiger partial charge in [-0.05, 0) is 50.3 Å². The summed E-state index contributed by atoms with van der Waals surface area (Å²) in [5.41, 5.74) is 1.71. The van der Waals surface area contributed by atoms with E-state index in [9.17, 15) is 4.79 Å². The fourth-order valence-corrected chi connectivity index (χ4v) is 3.22. The number of aryl methyl sites for hydroxylation is 2. The molecular formula is C17H20ClNO2S. The maximum absolute atomic E-state index is 11.5. The number of carbonyl (C=O) groups is 1. The number of carbonyl (C=O) groups excluding carboxylic acids is 1. The molecule has 0 bridgehead atoms. The van der Waals surface area contributed by atoms with Gasteiger partial charge in [0.05, 0.1) is 11.6 Å². The number of esters is 1. The quantitative estimate of drug-likeness (QED) is 0.506. The predicted molar refractivity (Wildman–Crippen MR) is 90.8 cm³/mol. The first-order valence-corrected chi connectivity index (χ1v) is 8.80. The van der Waals surface area contributed by atoms with E-state index in [-0.39, 0.29) is 5.97 Å². The summed E-state index contributed by atoms with van der Waals surface area (Å²) in [6, 6.07) is 8.02. The van der Waals surface area contributed by atoms with Crippen LogP contribution in [0.5, 0.6) is 0 Å². The van der Waals surface area contributed by atoms with E-state index in [1.165, 1.54) is 16.9 Å². The molecule has 5 heteroatoms. The van der Waals surface area contributed by atoms with E-state index < -0.39 is 0 Å². The van der Waals surface area contributed by atoms with Crippen molar-refractivity contribution in [3.05, 3.63) is 50.9 Å². The fraction of sp³-hybridized carbons (Fsp3) is 0.412. The first kappa shape index (κ1) is 17.0. The number of aromatic nitrogens is 1. The number of ether oxygens (including phenoxy) is 1. The summed E-state index contributed by atoms with van der Waals surface area (Å²) in [6.45, 7) is 2.18. The van der Waals surface area contributed by atoms with Gasteiger partial charge < -0.3 is 4.74 Å². The lowest BCUT2D eigenvalue weighted by Crippen LogP contribution is -2.05. The highest BCUT2D eigenvalue weighted by atomic mass is 35.5. The van der Waals surface area contributed by atoms with Gasteiger partial charge in [0.15, 0.2) is 5.69 Å². The Labute approximate surface area is 140 Å². The lowest BCUT2D eigenvalue weighted by molar-refractivity contribution is 0.0520. The minimum Gasteiger partial charge on any atom is -0.461 e. The maximum Gasteiger partial charge on any atom is 0.357 e. The lowest BCUT2D eigenvalue weighted by Gasteiger charge is -2.02. The van der Waals surface area contributed by atoms with Gasteiger partial charge in [0.2, 0.25) is 0 Å². The molecule has 3 nitrogen and oxygen atoms in total. The molecule has 1 heterocycles. The predicted octanol–water partition coefficient (Wildman–Crippen LogP) is 4.93. The molecule has 22 heavy (non-hydrogen) atoms. The van der Waals surface area contributed by atoms with Gasteiger partial charge in [-0.15, -0.1) is 11.3 Å². The second kappa shape index (κ2) is 8.91. The number of rotatable bonds is 8. The van der Waals surface area contributed by atoms with Gasteiger partial charge >= 0.3 is 5.97 Å². The first-order valence-electron chi connectivity index (χ1n) is 7.55. The number of hydrogen-bond donors (Lipinski definition) is 0. The summed E-state index contributed by atoms with van der Waals surface area (Å²) in [6.07, 6.45) is 5.32. The Morgan fingerprint density at radius 1 is 1.27 bits per heavy atom. The van der Waals surface area contributed by atoms with Gasteiger partial charge in [-0.25, -0.2) is 9.78 Å². The number of unbranched alkanes of at least 4 members (excludes halogenated alkanes) is 2. The summed E-state index contributed by atoms with van der Waals surface area (Å²) in [5, 5.41) is 3.58. The first-order chi connectivity index (χ1) is 10.7. The van der Waals surface area contributed by atoms with Crippen molar-refractivity contribution < 1.29 is 9.53 Å². The van der Waals surface area contributed by atoms with Crippen LogP contribution >= 0.6 is 22.9 Å². The van der Waals surface area contributed by atoms with E-state index in [2.05, 4.69) is 11.1 Å². The highest BCUT2D eigenvalue weighted by molar-refractivity contribution is 7.09. The van der Waals surface area contributed by atoms with Gasteiger partial charge in [-0.3, -0.25) is 0 Å². The Balaban J connectivity index is 1.67. The SMILES string of the molecule is CCOC(=O)c1csc(CCCCCc2cccc(Cl)c2)n1. The second-order valence-electron chi connectivity index (χ2n) is 5.04. The van der Waals surface area contributed by atoms with E-state index in [0.29, 0.717) is 12.3 Å². The molecule has 0 amide bonds. The van der Waals surface area contributed by atoms with Crippen LogP contribution < -0.4 is 0 Å². The van der Waals surface area contributed by atoms with Crippen LogP contribution in [-0.2, 0) is 17.6 Å². The van der Waals surface area contributed by atoms with Crippen LogP contribution in [0, 0.1) is 0 Å². The topological polar surface area (TPSA) is 39.2 Å². The fourth-order valence-electron chi connectivity index (χ4n) is 2.20. The molecular weight excluding hydrogens is 318 g/mol. The second-order valence-corrected chi connectivity index (χ2v) is 6.42. The van der Waals surface area contributed by atoms with Crippen molar-refractivity contribution in [2.75, 3.05) is 6.61 Å². The van der Waals surface area contributed by atoms with Crippen molar-refractivity contribution in [2.45, 2.75) is 39.0 Å². The number of halogens is 1. The van der Waals surface area contributed by atoms with Gasteiger partial charge in [0, 0.05) is 10.4 Å². The molecule has 0 fully saturated rings. The van der Waals surface area contributed by atoms with E-state index in [0.717, 1.165) is 42.1 Å². The van der Waals surface area contributed by atoms with Gasteiger partial charge in [-0.2, -0.15) is 0 Å². The van der Waals surface area contributed by atoms with Gasteiger partial charge in [-0.1, -0.05) is 30.2 Å². The summed E-state index contributed by atoms with van der Waals surface area (Å²) in [4.78, 5) is 15.9. The maximum atomic E-state index is 11.5. The van der Waals surface area contributed by atoms with Crippen LogP contribution in [-0.4, -0.2) is 17.6 Å². The Hall–Kier alpha value is -1.39. The standard InChI is InChI=1S/C17H20ClNO2S/c1-2-21-17(20)15-12-22-16(19-15)10-5-3-4-7-13-8-6-9-14(18)11-13/h6,8-9,11-12H,2-5,7,10H2,1H3. The summed E-state index contributed by atoms with van der Waals surface area (Å²) >= 11 is 7.50. The zero-order chi connectivity index (χ0) is 15.8. The van der Waals surface area contributed by atoms with Crippen molar-refractivity contribution in [2.24, 2.45) is 0 Å². The molecule has 0 radical (unpaired) electrons. The smallest absolute Gasteiger partial charge is 0.357 e. The Morgan fingerprint density at radius 3 is 2.86 bits per heavy atom. The molecule has 1 aromatic heterocycles. The van der Waals surface area contributed by atoms with Crippen molar-refractivity contribution >= 4 is 28.9 Å². The molecule has 0 saturated carbocycles. The highest BCUT2D eigenvalue weighted by Gasteiger charge is 2.11. The zero-order valence-corrected chi connectivity index (χ0v) is 14.3. The molecule has 0 spiro atoms. The molecule has 0 N–H and O–H groups in total. The molecule has 0 aliphatic heterocycles. The number of thiazole rings is 1. The molecule has 0 atom stereocenters. The number of benzene rings is 1. The van der Waals surface area contributed by atoms with E-state index in [4.69, 9.17) is 16.3 Å². The van der Waals surface area contributed by atoms with Crippen LogP contribution in [0.15, 0.2) is 29.6 Å². The van der Waals surface area contributed by atoms with Crippen LogP contribution in [0.3, 0.4) is 0 Å².